The first-order valence-electron chi connectivity index (χ1n) is 5.43. The van der Waals surface area contributed by atoms with Gasteiger partial charge in [0.25, 0.3) is 0 Å². The number of rotatable bonds is 4. The fourth-order valence-electron chi connectivity index (χ4n) is 2.20. The lowest BCUT2D eigenvalue weighted by atomic mass is 9.86. The Morgan fingerprint density at radius 1 is 1.46 bits per heavy atom. The normalized spacial score (nSPS) is 27.0. The second kappa shape index (κ2) is 4.97. The fraction of sp³-hybridized carbons (Fsp3) is 1.00. The minimum Gasteiger partial charge on any atom is -0.396 e. The molecule has 1 heterocycles. The zero-order chi connectivity index (χ0) is 9.84. The third kappa shape index (κ3) is 3.28. The highest BCUT2D eigenvalue weighted by Crippen LogP contribution is 2.26. The quantitative estimate of drug-likeness (QED) is 0.719. The maximum absolute atomic E-state index is 9.21. The predicted molar refractivity (Wildman–Crippen MR) is 55.6 cm³/mol. The van der Waals surface area contributed by atoms with Gasteiger partial charge in [-0.3, -0.25) is 0 Å². The van der Waals surface area contributed by atoms with Crippen LogP contribution in [-0.2, 0) is 0 Å². The van der Waals surface area contributed by atoms with Crippen molar-refractivity contribution in [2.24, 2.45) is 17.8 Å². The van der Waals surface area contributed by atoms with E-state index in [-0.39, 0.29) is 0 Å². The van der Waals surface area contributed by atoms with Gasteiger partial charge in [-0.05, 0) is 44.2 Å². The number of likely N-dealkylation sites (tertiary alicyclic amines) is 1. The molecule has 0 radical (unpaired) electrons. The molecule has 0 aromatic carbocycles. The molecule has 0 aromatic rings. The highest BCUT2D eigenvalue weighted by atomic mass is 16.3. The second-order valence-corrected chi connectivity index (χ2v) is 4.84. The van der Waals surface area contributed by atoms with Gasteiger partial charge >= 0.3 is 0 Å². The van der Waals surface area contributed by atoms with Gasteiger partial charge in [-0.15, -0.1) is 0 Å². The molecule has 0 saturated carbocycles. The van der Waals surface area contributed by atoms with Crippen molar-refractivity contribution in [3.8, 4) is 0 Å². The Bertz CT molecular complexity index is 147. The van der Waals surface area contributed by atoms with E-state index in [1.54, 1.807) is 0 Å². The third-order valence-electron chi connectivity index (χ3n) is 3.30. The number of aliphatic hydroxyl groups excluding tert-OH is 1. The van der Waals surface area contributed by atoms with Crippen LogP contribution < -0.4 is 0 Å². The summed E-state index contributed by atoms with van der Waals surface area (Å²) in [5, 5.41) is 9.21. The van der Waals surface area contributed by atoms with Crippen molar-refractivity contribution in [3.05, 3.63) is 0 Å². The summed E-state index contributed by atoms with van der Waals surface area (Å²) >= 11 is 0. The number of aliphatic hydroxyl groups is 1. The SMILES string of the molecule is CC(C)C(CO)CC1CCN(C)C1. The lowest BCUT2D eigenvalue weighted by Gasteiger charge is -2.21. The first-order chi connectivity index (χ1) is 6.13. The van der Waals surface area contributed by atoms with Crippen molar-refractivity contribution >= 4 is 0 Å². The summed E-state index contributed by atoms with van der Waals surface area (Å²) in [6.07, 6.45) is 2.53. The highest BCUT2D eigenvalue weighted by molar-refractivity contribution is 4.76. The molecule has 13 heavy (non-hydrogen) atoms. The van der Waals surface area contributed by atoms with E-state index in [0.717, 1.165) is 5.92 Å². The van der Waals surface area contributed by atoms with Crippen molar-refractivity contribution in [2.75, 3.05) is 26.7 Å². The largest absolute Gasteiger partial charge is 0.396 e. The van der Waals surface area contributed by atoms with Gasteiger partial charge in [-0.2, -0.15) is 0 Å². The van der Waals surface area contributed by atoms with Crippen LogP contribution in [0.25, 0.3) is 0 Å². The van der Waals surface area contributed by atoms with Crippen LogP contribution in [0.2, 0.25) is 0 Å². The lowest BCUT2D eigenvalue weighted by Crippen LogP contribution is -2.20. The van der Waals surface area contributed by atoms with Crippen LogP contribution in [0.15, 0.2) is 0 Å². The van der Waals surface area contributed by atoms with Gasteiger partial charge in [0.1, 0.15) is 0 Å². The van der Waals surface area contributed by atoms with Gasteiger partial charge in [0, 0.05) is 13.2 Å². The van der Waals surface area contributed by atoms with Crippen molar-refractivity contribution in [3.63, 3.8) is 0 Å². The maximum Gasteiger partial charge on any atom is 0.0461 e. The van der Waals surface area contributed by atoms with Crippen LogP contribution in [-0.4, -0.2) is 36.8 Å². The van der Waals surface area contributed by atoms with Crippen molar-refractivity contribution in [1.82, 2.24) is 4.90 Å². The van der Waals surface area contributed by atoms with E-state index in [9.17, 15) is 5.11 Å². The molecular weight excluding hydrogens is 162 g/mol. The zero-order valence-corrected chi connectivity index (χ0v) is 9.16. The van der Waals surface area contributed by atoms with E-state index in [4.69, 9.17) is 0 Å². The molecular formula is C11H23NO. The summed E-state index contributed by atoms with van der Waals surface area (Å²) in [4.78, 5) is 2.39. The van der Waals surface area contributed by atoms with E-state index < -0.39 is 0 Å². The van der Waals surface area contributed by atoms with Crippen LogP contribution >= 0.6 is 0 Å². The highest BCUT2D eigenvalue weighted by Gasteiger charge is 2.24. The number of nitrogens with zero attached hydrogens (tertiary/aromatic N) is 1. The predicted octanol–water partition coefficient (Wildman–Crippen LogP) is 1.59. The smallest absolute Gasteiger partial charge is 0.0461 e. The van der Waals surface area contributed by atoms with E-state index in [0.29, 0.717) is 18.4 Å². The summed E-state index contributed by atoms with van der Waals surface area (Å²) < 4.78 is 0. The summed E-state index contributed by atoms with van der Waals surface area (Å²) in [5.41, 5.74) is 0. The summed E-state index contributed by atoms with van der Waals surface area (Å²) in [5.74, 6) is 1.96. The third-order valence-corrected chi connectivity index (χ3v) is 3.30. The molecule has 1 fully saturated rings. The lowest BCUT2D eigenvalue weighted by molar-refractivity contribution is 0.163. The van der Waals surface area contributed by atoms with Crippen LogP contribution in [0, 0.1) is 17.8 Å². The van der Waals surface area contributed by atoms with Gasteiger partial charge in [0.05, 0.1) is 0 Å². The Hall–Kier alpha value is -0.0800. The topological polar surface area (TPSA) is 23.5 Å². The van der Waals surface area contributed by atoms with Gasteiger partial charge in [0.15, 0.2) is 0 Å². The average Bonchev–Trinajstić information content (AvgIpc) is 2.46. The molecule has 2 heteroatoms. The first-order valence-corrected chi connectivity index (χ1v) is 5.43. The van der Waals surface area contributed by atoms with E-state index in [1.165, 1.54) is 25.9 Å². The Kier molecular flexibility index (Phi) is 4.20. The maximum atomic E-state index is 9.21. The Morgan fingerprint density at radius 3 is 2.54 bits per heavy atom. The van der Waals surface area contributed by atoms with Gasteiger partial charge in [-0.25, -0.2) is 0 Å². The molecule has 1 N–H and O–H groups in total. The van der Waals surface area contributed by atoms with Crippen LogP contribution in [0.5, 0.6) is 0 Å². The molecule has 2 atom stereocenters. The average molecular weight is 185 g/mol. The van der Waals surface area contributed by atoms with Gasteiger partial charge < -0.3 is 10.0 Å². The van der Waals surface area contributed by atoms with E-state index in [1.807, 2.05) is 0 Å². The Balaban J connectivity index is 2.30. The molecule has 0 bridgehead atoms. The van der Waals surface area contributed by atoms with Crippen molar-refractivity contribution in [2.45, 2.75) is 26.7 Å². The zero-order valence-electron chi connectivity index (χ0n) is 9.16. The standard InChI is InChI=1S/C11H23NO/c1-9(2)11(8-13)6-10-4-5-12(3)7-10/h9-11,13H,4-8H2,1-3H3. The molecule has 1 saturated heterocycles. The molecule has 2 nitrogen and oxygen atoms in total. The number of hydrogen-bond donors (Lipinski definition) is 1. The van der Waals surface area contributed by atoms with E-state index >= 15 is 0 Å². The van der Waals surface area contributed by atoms with Crippen molar-refractivity contribution < 1.29 is 5.11 Å². The van der Waals surface area contributed by atoms with E-state index in [2.05, 4.69) is 25.8 Å². The summed E-state index contributed by atoms with van der Waals surface area (Å²) in [6.45, 7) is 7.24. The minimum absolute atomic E-state index is 0.359. The molecule has 0 aliphatic carbocycles. The molecule has 0 amide bonds. The summed E-state index contributed by atoms with van der Waals surface area (Å²) in [6, 6.07) is 0. The number of hydrogen-bond acceptors (Lipinski definition) is 2. The van der Waals surface area contributed by atoms with Gasteiger partial charge in [0.2, 0.25) is 0 Å². The van der Waals surface area contributed by atoms with Crippen molar-refractivity contribution in [1.29, 1.82) is 0 Å². The van der Waals surface area contributed by atoms with Gasteiger partial charge in [-0.1, -0.05) is 13.8 Å². The molecule has 1 aliphatic rings. The molecule has 78 valence electrons. The summed E-state index contributed by atoms with van der Waals surface area (Å²) in [7, 11) is 2.18. The Morgan fingerprint density at radius 2 is 2.15 bits per heavy atom. The molecule has 0 spiro atoms. The molecule has 1 aliphatic heterocycles. The minimum atomic E-state index is 0.359. The molecule has 2 unspecified atom stereocenters. The Labute approximate surface area is 81.9 Å². The molecule has 0 aromatic heterocycles. The monoisotopic (exact) mass is 185 g/mol. The molecule has 1 rings (SSSR count). The second-order valence-electron chi connectivity index (χ2n) is 4.84. The van der Waals surface area contributed by atoms with Crippen LogP contribution in [0.1, 0.15) is 26.7 Å². The van der Waals surface area contributed by atoms with Crippen LogP contribution in [0.3, 0.4) is 0 Å². The first kappa shape index (κ1) is 11.0. The fourth-order valence-corrected chi connectivity index (χ4v) is 2.20. The van der Waals surface area contributed by atoms with Crippen LogP contribution in [0.4, 0.5) is 0 Å².